The van der Waals surface area contributed by atoms with Crippen LogP contribution in [0.4, 0.5) is 0 Å². The number of carbonyl (C=O) groups is 1. The van der Waals surface area contributed by atoms with E-state index in [2.05, 4.69) is 0 Å². The topological polar surface area (TPSA) is 35.5 Å². The largest absolute Gasteiger partial charge is 0.496 e. The van der Waals surface area contributed by atoms with E-state index in [0.29, 0.717) is 5.56 Å². The summed E-state index contributed by atoms with van der Waals surface area (Å²) in [6, 6.07) is 3.65. The van der Waals surface area contributed by atoms with E-state index in [9.17, 15) is 4.79 Å². The molecule has 3 heteroatoms. The van der Waals surface area contributed by atoms with Crippen molar-refractivity contribution in [2.24, 2.45) is 0 Å². The van der Waals surface area contributed by atoms with E-state index in [1.165, 1.54) is 19.3 Å². The molecule has 2 aliphatic rings. The van der Waals surface area contributed by atoms with E-state index < -0.39 is 0 Å². The molecule has 1 spiro atoms. The van der Waals surface area contributed by atoms with Crippen molar-refractivity contribution in [3.63, 3.8) is 0 Å². The fraction of sp³-hybridized carbons (Fsp3) is 0.533. The number of methoxy groups -OCH3 is 1. The number of hydrogen-bond donors (Lipinski definition) is 0. The SMILES string of the molecule is COc1ccc(C=O)c2c1CC1(CCCCC1)O2. The van der Waals surface area contributed by atoms with Crippen LogP contribution in [0.2, 0.25) is 0 Å². The average Bonchev–Trinajstić information content (AvgIpc) is 2.77. The highest BCUT2D eigenvalue weighted by atomic mass is 16.5. The molecule has 0 bridgehead atoms. The van der Waals surface area contributed by atoms with Crippen LogP contribution in [0.3, 0.4) is 0 Å². The molecule has 0 saturated heterocycles. The molecule has 0 amide bonds. The van der Waals surface area contributed by atoms with Crippen LogP contribution in [0.5, 0.6) is 11.5 Å². The number of rotatable bonds is 2. The average molecular weight is 246 g/mol. The summed E-state index contributed by atoms with van der Waals surface area (Å²) in [5.74, 6) is 1.60. The van der Waals surface area contributed by atoms with Crippen LogP contribution in [0.1, 0.15) is 48.0 Å². The van der Waals surface area contributed by atoms with Crippen LogP contribution in [-0.4, -0.2) is 19.0 Å². The minimum atomic E-state index is -0.0764. The molecular weight excluding hydrogens is 228 g/mol. The van der Waals surface area contributed by atoms with Gasteiger partial charge in [0.1, 0.15) is 17.1 Å². The van der Waals surface area contributed by atoms with Crippen molar-refractivity contribution >= 4 is 6.29 Å². The van der Waals surface area contributed by atoms with Gasteiger partial charge >= 0.3 is 0 Å². The second kappa shape index (κ2) is 4.30. The van der Waals surface area contributed by atoms with Gasteiger partial charge in [0.15, 0.2) is 6.29 Å². The van der Waals surface area contributed by atoms with Crippen LogP contribution < -0.4 is 9.47 Å². The molecule has 3 nitrogen and oxygen atoms in total. The summed E-state index contributed by atoms with van der Waals surface area (Å²) in [6.07, 6.45) is 7.65. The van der Waals surface area contributed by atoms with Crippen LogP contribution in [-0.2, 0) is 6.42 Å². The summed E-state index contributed by atoms with van der Waals surface area (Å²) < 4.78 is 11.6. The fourth-order valence-electron chi connectivity index (χ4n) is 3.25. The number of benzene rings is 1. The zero-order chi connectivity index (χ0) is 12.6. The minimum absolute atomic E-state index is 0.0764. The molecule has 18 heavy (non-hydrogen) atoms. The van der Waals surface area contributed by atoms with Gasteiger partial charge < -0.3 is 9.47 Å². The molecule has 3 rings (SSSR count). The summed E-state index contributed by atoms with van der Waals surface area (Å²) in [6.45, 7) is 0. The molecule has 1 aliphatic heterocycles. The highest BCUT2D eigenvalue weighted by molar-refractivity contribution is 5.82. The third-order valence-electron chi connectivity index (χ3n) is 4.18. The molecule has 0 N–H and O–H groups in total. The first-order chi connectivity index (χ1) is 8.78. The minimum Gasteiger partial charge on any atom is -0.496 e. The first-order valence-electron chi connectivity index (χ1n) is 6.62. The number of ether oxygens (including phenoxy) is 2. The lowest BCUT2D eigenvalue weighted by atomic mass is 9.82. The van der Waals surface area contributed by atoms with Crippen LogP contribution in [0.15, 0.2) is 12.1 Å². The van der Waals surface area contributed by atoms with E-state index in [1.807, 2.05) is 6.07 Å². The van der Waals surface area contributed by atoms with Crippen molar-refractivity contribution in [3.05, 3.63) is 23.3 Å². The normalized spacial score (nSPS) is 20.3. The van der Waals surface area contributed by atoms with E-state index in [-0.39, 0.29) is 5.60 Å². The molecule has 1 aromatic carbocycles. The highest BCUT2D eigenvalue weighted by Crippen LogP contribution is 2.47. The lowest BCUT2D eigenvalue weighted by molar-refractivity contribution is 0.0522. The lowest BCUT2D eigenvalue weighted by Crippen LogP contribution is -2.36. The van der Waals surface area contributed by atoms with Gasteiger partial charge in [-0.1, -0.05) is 6.42 Å². The van der Waals surface area contributed by atoms with Crippen molar-refractivity contribution in [3.8, 4) is 11.5 Å². The summed E-state index contributed by atoms with van der Waals surface area (Å²) in [5, 5.41) is 0. The highest BCUT2D eigenvalue weighted by Gasteiger charge is 2.42. The number of carbonyl (C=O) groups excluding carboxylic acids is 1. The first kappa shape index (κ1) is 11.6. The maximum Gasteiger partial charge on any atom is 0.153 e. The molecule has 1 heterocycles. The molecule has 0 atom stereocenters. The van der Waals surface area contributed by atoms with E-state index in [4.69, 9.17) is 9.47 Å². The van der Waals surface area contributed by atoms with Gasteiger partial charge in [0, 0.05) is 12.0 Å². The van der Waals surface area contributed by atoms with Gasteiger partial charge in [-0.25, -0.2) is 0 Å². The summed E-state index contributed by atoms with van der Waals surface area (Å²) in [7, 11) is 1.67. The molecule has 0 unspecified atom stereocenters. The third kappa shape index (κ3) is 1.69. The Labute approximate surface area is 107 Å². The van der Waals surface area contributed by atoms with Crippen molar-refractivity contribution in [2.75, 3.05) is 7.11 Å². The summed E-state index contributed by atoms with van der Waals surface area (Å²) in [5.41, 5.74) is 1.64. The molecule has 1 fully saturated rings. The standard InChI is InChI=1S/C15H18O3/c1-17-13-6-5-11(10-16)14-12(13)9-15(18-14)7-3-2-4-8-15/h5-6,10H,2-4,7-9H2,1H3. The summed E-state index contributed by atoms with van der Waals surface area (Å²) in [4.78, 5) is 11.1. The van der Waals surface area contributed by atoms with Crippen molar-refractivity contribution < 1.29 is 14.3 Å². The molecule has 1 aliphatic carbocycles. The van der Waals surface area contributed by atoms with Crippen LogP contribution in [0.25, 0.3) is 0 Å². The van der Waals surface area contributed by atoms with Crippen molar-refractivity contribution in [1.82, 2.24) is 0 Å². The lowest BCUT2D eigenvalue weighted by Gasteiger charge is -2.32. The third-order valence-corrected chi connectivity index (χ3v) is 4.18. The molecular formula is C15H18O3. The predicted molar refractivity (Wildman–Crippen MR) is 68.5 cm³/mol. The molecule has 1 aromatic rings. The number of fused-ring (bicyclic) bond motifs is 1. The Hall–Kier alpha value is -1.51. The van der Waals surface area contributed by atoms with Gasteiger partial charge in [0.25, 0.3) is 0 Å². The quantitative estimate of drug-likeness (QED) is 0.752. The van der Waals surface area contributed by atoms with Gasteiger partial charge in [-0.15, -0.1) is 0 Å². The Kier molecular flexibility index (Phi) is 2.77. The fourth-order valence-corrected chi connectivity index (χ4v) is 3.25. The molecule has 96 valence electrons. The smallest absolute Gasteiger partial charge is 0.153 e. The monoisotopic (exact) mass is 246 g/mol. The van der Waals surface area contributed by atoms with Crippen molar-refractivity contribution in [2.45, 2.75) is 44.1 Å². The second-order valence-electron chi connectivity index (χ2n) is 5.31. The van der Waals surface area contributed by atoms with Gasteiger partial charge in [-0.3, -0.25) is 4.79 Å². The van der Waals surface area contributed by atoms with Gasteiger partial charge in [-0.05, 0) is 37.8 Å². The number of hydrogen-bond acceptors (Lipinski definition) is 3. The molecule has 1 saturated carbocycles. The van der Waals surface area contributed by atoms with Crippen molar-refractivity contribution in [1.29, 1.82) is 0 Å². The maximum atomic E-state index is 11.1. The van der Waals surface area contributed by atoms with Gasteiger partial charge in [0.2, 0.25) is 0 Å². The first-order valence-corrected chi connectivity index (χ1v) is 6.62. The molecule has 0 aromatic heterocycles. The Bertz CT molecular complexity index is 473. The Morgan fingerprint density at radius 1 is 1.28 bits per heavy atom. The predicted octanol–water partition coefficient (Wildman–Crippen LogP) is 3.15. The summed E-state index contributed by atoms with van der Waals surface area (Å²) >= 11 is 0. The van der Waals surface area contributed by atoms with Crippen LogP contribution in [0, 0.1) is 0 Å². The van der Waals surface area contributed by atoms with Crippen LogP contribution >= 0.6 is 0 Å². The van der Waals surface area contributed by atoms with Gasteiger partial charge in [0.05, 0.1) is 12.7 Å². The van der Waals surface area contributed by atoms with E-state index in [0.717, 1.165) is 42.6 Å². The Morgan fingerprint density at radius 3 is 2.72 bits per heavy atom. The zero-order valence-electron chi connectivity index (χ0n) is 10.7. The van der Waals surface area contributed by atoms with Gasteiger partial charge in [-0.2, -0.15) is 0 Å². The zero-order valence-corrected chi connectivity index (χ0v) is 10.7. The van der Waals surface area contributed by atoms with E-state index >= 15 is 0 Å². The second-order valence-corrected chi connectivity index (χ2v) is 5.31. The number of aldehydes is 1. The molecule has 0 radical (unpaired) electrons. The van der Waals surface area contributed by atoms with E-state index in [1.54, 1.807) is 13.2 Å². The Morgan fingerprint density at radius 2 is 2.06 bits per heavy atom. The Balaban J connectivity index is 2.02. The maximum absolute atomic E-state index is 11.1.